The molecule has 0 spiro atoms. The zero-order valence-corrected chi connectivity index (χ0v) is 12.5. The van der Waals surface area contributed by atoms with Gasteiger partial charge in [-0.25, -0.2) is 0 Å². The van der Waals surface area contributed by atoms with Crippen molar-refractivity contribution in [3.8, 4) is 5.75 Å². The molecular formula is C16H22N2O2. The largest absolute Gasteiger partial charge is 0.426 e. The van der Waals surface area contributed by atoms with E-state index in [4.69, 9.17) is 10.5 Å². The van der Waals surface area contributed by atoms with E-state index >= 15 is 0 Å². The SMILES string of the molecule is CC(N)Cc1cc2ccc(OC(=O)C(C)(C)C)cc2[nH]1. The summed E-state index contributed by atoms with van der Waals surface area (Å²) in [5, 5.41) is 1.09. The Kier molecular flexibility index (Phi) is 3.86. The average molecular weight is 274 g/mol. The summed E-state index contributed by atoms with van der Waals surface area (Å²) in [4.78, 5) is 15.2. The van der Waals surface area contributed by atoms with Crippen molar-refractivity contribution in [1.82, 2.24) is 4.98 Å². The number of carbonyl (C=O) groups is 1. The third kappa shape index (κ3) is 3.39. The summed E-state index contributed by atoms with van der Waals surface area (Å²) in [5.41, 5.74) is 7.34. The van der Waals surface area contributed by atoms with Crippen LogP contribution in [0.2, 0.25) is 0 Å². The number of hydrogen-bond donors (Lipinski definition) is 2. The number of aromatic nitrogens is 1. The third-order valence-corrected chi connectivity index (χ3v) is 3.01. The molecule has 0 bridgehead atoms. The van der Waals surface area contributed by atoms with Crippen LogP contribution in [0.5, 0.6) is 5.75 Å². The van der Waals surface area contributed by atoms with Gasteiger partial charge in [0.15, 0.2) is 0 Å². The first-order chi connectivity index (χ1) is 9.25. The van der Waals surface area contributed by atoms with Crippen LogP contribution in [0.25, 0.3) is 10.9 Å². The van der Waals surface area contributed by atoms with Crippen LogP contribution in [-0.2, 0) is 11.2 Å². The fourth-order valence-electron chi connectivity index (χ4n) is 1.95. The zero-order valence-electron chi connectivity index (χ0n) is 12.5. The molecule has 0 fully saturated rings. The number of carbonyl (C=O) groups excluding carboxylic acids is 1. The van der Waals surface area contributed by atoms with Gasteiger partial charge in [0.25, 0.3) is 0 Å². The number of hydrogen-bond acceptors (Lipinski definition) is 3. The summed E-state index contributed by atoms with van der Waals surface area (Å²) in [6.45, 7) is 7.48. The van der Waals surface area contributed by atoms with E-state index < -0.39 is 5.41 Å². The minimum atomic E-state index is -0.509. The van der Waals surface area contributed by atoms with E-state index in [1.807, 2.05) is 45.9 Å². The standard InChI is InChI=1S/C16H22N2O2/c1-10(17)7-12-8-11-5-6-13(9-14(11)18-12)20-15(19)16(2,3)4/h5-6,8-10,18H,7,17H2,1-4H3. The number of esters is 1. The number of aromatic amines is 1. The molecule has 2 aromatic rings. The van der Waals surface area contributed by atoms with Crippen LogP contribution < -0.4 is 10.5 Å². The second-order valence-electron chi connectivity index (χ2n) is 6.36. The lowest BCUT2D eigenvalue weighted by atomic mass is 9.97. The van der Waals surface area contributed by atoms with E-state index in [1.54, 1.807) is 0 Å². The molecule has 3 N–H and O–H groups in total. The quantitative estimate of drug-likeness (QED) is 0.668. The van der Waals surface area contributed by atoms with Crippen molar-refractivity contribution in [2.45, 2.75) is 40.2 Å². The second-order valence-corrected chi connectivity index (χ2v) is 6.36. The smallest absolute Gasteiger partial charge is 0.316 e. The summed E-state index contributed by atoms with van der Waals surface area (Å²) in [7, 11) is 0. The molecule has 4 heteroatoms. The summed E-state index contributed by atoms with van der Waals surface area (Å²) in [6, 6.07) is 7.80. The van der Waals surface area contributed by atoms with Crippen molar-refractivity contribution in [2.24, 2.45) is 11.1 Å². The zero-order chi connectivity index (χ0) is 14.9. The van der Waals surface area contributed by atoms with Crippen LogP contribution in [0.15, 0.2) is 24.3 Å². The maximum absolute atomic E-state index is 11.9. The van der Waals surface area contributed by atoms with Gasteiger partial charge in [0.2, 0.25) is 0 Å². The number of fused-ring (bicyclic) bond motifs is 1. The maximum Gasteiger partial charge on any atom is 0.316 e. The van der Waals surface area contributed by atoms with Gasteiger partial charge in [-0.3, -0.25) is 4.79 Å². The topological polar surface area (TPSA) is 68.1 Å². The van der Waals surface area contributed by atoms with Gasteiger partial charge in [-0.1, -0.05) is 0 Å². The highest BCUT2D eigenvalue weighted by atomic mass is 16.5. The van der Waals surface area contributed by atoms with E-state index in [2.05, 4.69) is 11.1 Å². The number of rotatable bonds is 3. The number of nitrogens with one attached hydrogen (secondary N) is 1. The van der Waals surface area contributed by atoms with Crippen molar-refractivity contribution in [2.75, 3.05) is 0 Å². The normalized spacial score (nSPS) is 13.4. The van der Waals surface area contributed by atoms with Crippen molar-refractivity contribution < 1.29 is 9.53 Å². The Morgan fingerprint density at radius 3 is 2.65 bits per heavy atom. The minimum absolute atomic E-state index is 0.112. The summed E-state index contributed by atoms with van der Waals surface area (Å²) >= 11 is 0. The number of H-pyrrole nitrogens is 1. The first kappa shape index (κ1) is 14.6. The van der Waals surface area contributed by atoms with Crippen molar-refractivity contribution in [3.05, 3.63) is 30.0 Å². The van der Waals surface area contributed by atoms with E-state index in [-0.39, 0.29) is 12.0 Å². The van der Waals surface area contributed by atoms with Crippen LogP contribution in [-0.4, -0.2) is 17.0 Å². The first-order valence-corrected chi connectivity index (χ1v) is 6.85. The molecular weight excluding hydrogens is 252 g/mol. The van der Waals surface area contributed by atoms with Crippen molar-refractivity contribution in [3.63, 3.8) is 0 Å². The summed E-state index contributed by atoms with van der Waals surface area (Å²) < 4.78 is 5.39. The van der Waals surface area contributed by atoms with E-state index in [9.17, 15) is 4.79 Å². The first-order valence-electron chi connectivity index (χ1n) is 6.85. The van der Waals surface area contributed by atoms with E-state index in [0.29, 0.717) is 5.75 Å². The third-order valence-electron chi connectivity index (χ3n) is 3.01. The Labute approximate surface area is 119 Å². The molecule has 0 aliphatic rings. The molecule has 1 aromatic carbocycles. The van der Waals surface area contributed by atoms with Crippen LogP contribution >= 0.6 is 0 Å². The molecule has 0 saturated heterocycles. The Balaban J connectivity index is 2.23. The van der Waals surface area contributed by atoms with Crippen molar-refractivity contribution in [1.29, 1.82) is 0 Å². The highest BCUT2D eigenvalue weighted by Gasteiger charge is 2.23. The monoisotopic (exact) mass is 274 g/mol. The van der Waals surface area contributed by atoms with Gasteiger partial charge in [-0.05, 0) is 51.3 Å². The minimum Gasteiger partial charge on any atom is -0.426 e. The Hall–Kier alpha value is -1.81. The highest BCUT2D eigenvalue weighted by Crippen LogP contribution is 2.24. The molecule has 1 aromatic heterocycles. The van der Waals surface area contributed by atoms with Crippen molar-refractivity contribution >= 4 is 16.9 Å². The molecule has 1 unspecified atom stereocenters. The fraction of sp³-hybridized carbons (Fsp3) is 0.438. The highest BCUT2D eigenvalue weighted by molar-refractivity contribution is 5.84. The van der Waals surface area contributed by atoms with E-state index in [0.717, 1.165) is 23.0 Å². The lowest BCUT2D eigenvalue weighted by molar-refractivity contribution is -0.142. The number of benzene rings is 1. The summed E-state index contributed by atoms with van der Waals surface area (Å²) in [6.07, 6.45) is 0.797. The van der Waals surface area contributed by atoms with Gasteiger partial charge >= 0.3 is 5.97 Å². The van der Waals surface area contributed by atoms with Gasteiger partial charge < -0.3 is 15.5 Å². The average Bonchev–Trinajstić information content (AvgIpc) is 2.67. The molecule has 0 aliphatic heterocycles. The lowest BCUT2D eigenvalue weighted by Crippen LogP contribution is -2.25. The van der Waals surface area contributed by atoms with Crippen LogP contribution in [0, 0.1) is 5.41 Å². The fourth-order valence-corrected chi connectivity index (χ4v) is 1.95. The molecule has 1 atom stereocenters. The molecule has 0 aliphatic carbocycles. The number of nitrogens with two attached hydrogens (primary N) is 1. The van der Waals surface area contributed by atoms with Gasteiger partial charge in [-0.15, -0.1) is 0 Å². The maximum atomic E-state index is 11.9. The number of ether oxygens (including phenoxy) is 1. The van der Waals surface area contributed by atoms with Gasteiger partial charge in [-0.2, -0.15) is 0 Å². The van der Waals surface area contributed by atoms with Crippen LogP contribution in [0.1, 0.15) is 33.4 Å². The molecule has 4 nitrogen and oxygen atoms in total. The molecule has 20 heavy (non-hydrogen) atoms. The van der Waals surface area contributed by atoms with Gasteiger partial charge in [0, 0.05) is 29.7 Å². The second kappa shape index (κ2) is 5.29. The molecule has 1 heterocycles. The van der Waals surface area contributed by atoms with Gasteiger partial charge in [0.05, 0.1) is 5.41 Å². The predicted molar refractivity (Wildman–Crippen MR) is 80.7 cm³/mol. The molecule has 0 amide bonds. The lowest BCUT2D eigenvalue weighted by Gasteiger charge is -2.16. The van der Waals surface area contributed by atoms with Gasteiger partial charge in [0.1, 0.15) is 5.75 Å². The molecule has 0 saturated carbocycles. The summed E-state index contributed by atoms with van der Waals surface area (Å²) in [5.74, 6) is 0.325. The molecule has 108 valence electrons. The molecule has 0 radical (unpaired) electrons. The molecule has 2 rings (SSSR count). The van der Waals surface area contributed by atoms with E-state index in [1.165, 1.54) is 0 Å². The predicted octanol–water partition coefficient (Wildman–Crippen LogP) is 3.01. The Bertz CT molecular complexity index is 621. The Morgan fingerprint density at radius 2 is 2.05 bits per heavy atom. The Morgan fingerprint density at radius 1 is 1.35 bits per heavy atom. The van der Waals surface area contributed by atoms with Crippen LogP contribution in [0.3, 0.4) is 0 Å². The van der Waals surface area contributed by atoms with Crippen LogP contribution in [0.4, 0.5) is 0 Å².